The summed E-state index contributed by atoms with van der Waals surface area (Å²) in [6.45, 7) is 5.64. The minimum Gasteiger partial charge on any atom is -0.508 e. The molecule has 0 bridgehead atoms. The lowest BCUT2D eigenvalue weighted by molar-refractivity contribution is 0.274. The van der Waals surface area contributed by atoms with Crippen LogP contribution in [0, 0.1) is 5.41 Å². The molecule has 0 aliphatic carbocycles. The van der Waals surface area contributed by atoms with Crippen molar-refractivity contribution >= 4 is 23.1 Å². The fraction of sp³-hybridized carbons (Fsp3) is 0.478. The van der Waals surface area contributed by atoms with E-state index in [4.69, 9.17) is 0 Å². The second-order valence-electron chi connectivity index (χ2n) is 7.57. The number of anilines is 2. The lowest BCUT2D eigenvalue weighted by Crippen LogP contribution is -2.36. The van der Waals surface area contributed by atoms with Crippen LogP contribution in [-0.2, 0) is 0 Å². The molecule has 0 spiro atoms. The van der Waals surface area contributed by atoms with Crippen LogP contribution in [0.4, 0.5) is 11.4 Å². The Labute approximate surface area is 162 Å². The standard InChI is InChI=1S/C23H31NOS/c1-3-5-14-23(15-6-4-2)17-24(19-10-8-7-9-11-19)21-13-12-20(25)16-22(21)26-18-23/h7-13,16,25H,3-6,14-15,17-18H2,1-2H3. The van der Waals surface area contributed by atoms with Gasteiger partial charge in [-0.25, -0.2) is 0 Å². The first-order valence-electron chi connectivity index (χ1n) is 9.96. The molecule has 2 aromatic rings. The Morgan fingerprint density at radius 2 is 1.69 bits per heavy atom. The maximum absolute atomic E-state index is 10.0. The Morgan fingerprint density at radius 1 is 1.00 bits per heavy atom. The molecule has 0 saturated heterocycles. The summed E-state index contributed by atoms with van der Waals surface area (Å²) < 4.78 is 0. The highest BCUT2D eigenvalue weighted by Crippen LogP contribution is 2.47. The number of rotatable bonds is 7. The van der Waals surface area contributed by atoms with Crippen molar-refractivity contribution in [1.29, 1.82) is 0 Å². The average Bonchev–Trinajstić information content (AvgIpc) is 2.83. The van der Waals surface area contributed by atoms with Gasteiger partial charge in [0.1, 0.15) is 5.75 Å². The molecule has 0 unspecified atom stereocenters. The summed E-state index contributed by atoms with van der Waals surface area (Å²) in [7, 11) is 0. The first-order chi connectivity index (χ1) is 12.7. The zero-order valence-electron chi connectivity index (χ0n) is 16.1. The topological polar surface area (TPSA) is 23.5 Å². The van der Waals surface area contributed by atoms with Crippen LogP contribution in [0.1, 0.15) is 52.4 Å². The van der Waals surface area contributed by atoms with E-state index in [1.165, 1.54) is 54.8 Å². The van der Waals surface area contributed by atoms with Gasteiger partial charge < -0.3 is 10.0 Å². The molecule has 1 aliphatic heterocycles. The maximum Gasteiger partial charge on any atom is 0.116 e. The van der Waals surface area contributed by atoms with Crippen LogP contribution in [0.25, 0.3) is 0 Å². The number of phenolic OH excluding ortho intramolecular Hbond substituents is 1. The second kappa shape index (κ2) is 8.85. The van der Waals surface area contributed by atoms with Crippen LogP contribution in [0.3, 0.4) is 0 Å². The molecule has 3 rings (SSSR count). The number of phenols is 1. The summed E-state index contributed by atoms with van der Waals surface area (Å²) in [6.07, 6.45) is 7.62. The van der Waals surface area contributed by atoms with Crippen LogP contribution < -0.4 is 4.90 Å². The highest BCUT2D eigenvalue weighted by Gasteiger charge is 2.35. The van der Waals surface area contributed by atoms with Gasteiger partial charge in [0.2, 0.25) is 0 Å². The highest BCUT2D eigenvalue weighted by molar-refractivity contribution is 7.99. The Bertz CT molecular complexity index is 693. The van der Waals surface area contributed by atoms with Crippen LogP contribution >= 0.6 is 11.8 Å². The Hall–Kier alpha value is -1.61. The van der Waals surface area contributed by atoms with Crippen molar-refractivity contribution in [1.82, 2.24) is 0 Å². The van der Waals surface area contributed by atoms with Crippen molar-refractivity contribution in [3.63, 3.8) is 0 Å². The van der Waals surface area contributed by atoms with E-state index in [0.29, 0.717) is 11.2 Å². The van der Waals surface area contributed by atoms with Crippen LogP contribution in [-0.4, -0.2) is 17.4 Å². The van der Waals surface area contributed by atoms with Gasteiger partial charge in [-0.2, -0.15) is 0 Å². The van der Waals surface area contributed by atoms with Crippen LogP contribution in [0.15, 0.2) is 53.4 Å². The molecule has 0 amide bonds. The SMILES string of the molecule is CCCCC1(CCCC)CSc2cc(O)ccc2N(c2ccccc2)C1. The number of aromatic hydroxyl groups is 1. The Balaban J connectivity index is 2.02. The Morgan fingerprint density at radius 3 is 2.35 bits per heavy atom. The monoisotopic (exact) mass is 369 g/mol. The van der Waals surface area contributed by atoms with Gasteiger partial charge in [-0.3, -0.25) is 0 Å². The van der Waals surface area contributed by atoms with Crippen molar-refractivity contribution < 1.29 is 5.11 Å². The van der Waals surface area contributed by atoms with E-state index in [9.17, 15) is 5.11 Å². The fourth-order valence-corrected chi connectivity index (χ4v) is 5.28. The van der Waals surface area contributed by atoms with E-state index >= 15 is 0 Å². The predicted molar refractivity (Wildman–Crippen MR) is 114 cm³/mol. The molecule has 0 fully saturated rings. The van der Waals surface area contributed by atoms with Crippen molar-refractivity contribution in [2.24, 2.45) is 5.41 Å². The summed E-state index contributed by atoms with van der Waals surface area (Å²) >= 11 is 1.93. The molecule has 3 heteroatoms. The molecule has 2 aromatic carbocycles. The molecule has 1 heterocycles. The van der Waals surface area contributed by atoms with E-state index in [-0.39, 0.29) is 0 Å². The number of unbranched alkanes of at least 4 members (excludes halogenated alkanes) is 2. The first kappa shape index (κ1) is 19.2. The number of para-hydroxylation sites is 1. The lowest BCUT2D eigenvalue weighted by atomic mass is 9.79. The molecule has 0 radical (unpaired) electrons. The third kappa shape index (κ3) is 4.37. The predicted octanol–water partition coefficient (Wildman–Crippen LogP) is 7.00. The molecule has 1 N–H and O–H groups in total. The summed E-state index contributed by atoms with van der Waals surface area (Å²) in [6, 6.07) is 16.6. The average molecular weight is 370 g/mol. The number of hydrogen-bond donors (Lipinski definition) is 1. The molecule has 140 valence electrons. The highest BCUT2D eigenvalue weighted by atomic mass is 32.2. The van der Waals surface area contributed by atoms with Gasteiger partial charge in [-0.05, 0) is 48.6 Å². The smallest absolute Gasteiger partial charge is 0.116 e. The molecule has 26 heavy (non-hydrogen) atoms. The summed E-state index contributed by atoms with van der Waals surface area (Å²) in [5, 5.41) is 10.0. The third-order valence-corrected chi connectivity index (χ3v) is 6.85. The minimum atomic E-state index is 0.321. The van der Waals surface area contributed by atoms with Gasteiger partial charge in [0, 0.05) is 22.9 Å². The van der Waals surface area contributed by atoms with Gasteiger partial charge in [-0.15, -0.1) is 11.8 Å². The van der Waals surface area contributed by atoms with Crippen molar-refractivity contribution in [2.45, 2.75) is 57.3 Å². The zero-order chi connectivity index (χ0) is 18.4. The van der Waals surface area contributed by atoms with E-state index in [2.05, 4.69) is 55.1 Å². The maximum atomic E-state index is 10.0. The van der Waals surface area contributed by atoms with Gasteiger partial charge in [0.15, 0.2) is 0 Å². The van der Waals surface area contributed by atoms with Crippen molar-refractivity contribution in [3.05, 3.63) is 48.5 Å². The van der Waals surface area contributed by atoms with Gasteiger partial charge >= 0.3 is 0 Å². The number of thioether (sulfide) groups is 1. The number of nitrogens with zero attached hydrogens (tertiary/aromatic N) is 1. The number of benzene rings is 2. The number of hydrogen-bond acceptors (Lipinski definition) is 3. The fourth-order valence-electron chi connectivity index (χ4n) is 3.91. The summed E-state index contributed by atoms with van der Waals surface area (Å²) in [5.41, 5.74) is 2.80. The largest absolute Gasteiger partial charge is 0.508 e. The molecule has 0 saturated carbocycles. The van der Waals surface area contributed by atoms with Gasteiger partial charge in [0.05, 0.1) is 5.69 Å². The molecule has 1 aliphatic rings. The van der Waals surface area contributed by atoms with Crippen LogP contribution in [0.5, 0.6) is 5.75 Å². The van der Waals surface area contributed by atoms with E-state index in [1.54, 1.807) is 0 Å². The van der Waals surface area contributed by atoms with Crippen LogP contribution in [0.2, 0.25) is 0 Å². The molecule has 0 atom stereocenters. The molecular weight excluding hydrogens is 338 g/mol. The van der Waals surface area contributed by atoms with Crippen molar-refractivity contribution in [3.8, 4) is 5.75 Å². The molecule has 0 aromatic heterocycles. The van der Waals surface area contributed by atoms with E-state index < -0.39 is 0 Å². The normalized spacial score (nSPS) is 16.2. The minimum absolute atomic E-state index is 0.321. The Kier molecular flexibility index (Phi) is 6.53. The lowest BCUT2D eigenvalue weighted by Gasteiger charge is -2.37. The number of fused-ring (bicyclic) bond motifs is 1. The zero-order valence-corrected chi connectivity index (χ0v) is 16.9. The third-order valence-electron chi connectivity index (χ3n) is 5.45. The van der Waals surface area contributed by atoms with E-state index in [1.807, 2.05) is 23.9 Å². The molecule has 2 nitrogen and oxygen atoms in total. The van der Waals surface area contributed by atoms with Gasteiger partial charge in [-0.1, -0.05) is 57.7 Å². The quantitative estimate of drug-likeness (QED) is 0.568. The summed E-state index contributed by atoms with van der Waals surface area (Å²) in [4.78, 5) is 3.68. The van der Waals surface area contributed by atoms with Gasteiger partial charge in [0.25, 0.3) is 0 Å². The first-order valence-corrected chi connectivity index (χ1v) is 10.9. The van der Waals surface area contributed by atoms with E-state index in [0.717, 1.165) is 12.3 Å². The van der Waals surface area contributed by atoms with Crippen molar-refractivity contribution in [2.75, 3.05) is 17.2 Å². The second-order valence-corrected chi connectivity index (χ2v) is 8.59. The summed E-state index contributed by atoms with van der Waals surface area (Å²) in [5.74, 6) is 1.49. The molecular formula is C23H31NOS.